The highest BCUT2D eigenvalue weighted by Gasteiger charge is 2.40. The van der Waals surface area contributed by atoms with E-state index in [1.54, 1.807) is 4.90 Å². The summed E-state index contributed by atoms with van der Waals surface area (Å²) in [7, 11) is 0. The Morgan fingerprint density at radius 2 is 1.60 bits per heavy atom. The second-order valence-electron chi connectivity index (χ2n) is 12.5. The van der Waals surface area contributed by atoms with Crippen LogP contribution in [0.2, 0.25) is 0 Å². The topological polar surface area (TPSA) is 93.6 Å². The molecule has 1 saturated carbocycles. The van der Waals surface area contributed by atoms with E-state index in [1.807, 2.05) is 29.2 Å². The smallest absolute Gasteiger partial charge is 0.416 e. The van der Waals surface area contributed by atoms with Gasteiger partial charge in [0.15, 0.2) is 5.60 Å². The monoisotopic (exact) mass is 694 g/mol. The van der Waals surface area contributed by atoms with Gasteiger partial charge in [-0.05, 0) is 69.4 Å². The first-order valence-corrected chi connectivity index (χ1v) is 16.0. The maximum atomic E-state index is 14.1. The van der Waals surface area contributed by atoms with Crippen molar-refractivity contribution in [3.63, 3.8) is 0 Å². The first kappa shape index (κ1) is 32.9. The van der Waals surface area contributed by atoms with Crippen LogP contribution in [0.3, 0.4) is 0 Å². The van der Waals surface area contributed by atoms with Gasteiger partial charge in [0, 0.05) is 68.1 Å². The molecule has 2 saturated heterocycles. The SMILES string of the molecule is CC(C)(Oc1cc(N2CCCC(C(=O)N(Cc3ccc(Br)cc3)C3CC3)C2)cc(C(F)(F)F)c1)C(=O)N1CCN(C(=O)O)CC1. The largest absolute Gasteiger partial charge is 0.478 e. The normalized spacial score (nSPS) is 19.3. The van der Waals surface area contributed by atoms with Gasteiger partial charge in [-0.15, -0.1) is 0 Å². The van der Waals surface area contributed by atoms with E-state index in [0.717, 1.165) is 35.0 Å². The molecule has 13 heteroatoms. The molecular formula is C32H38BrF3N4O5. The maximum Gasteiger partial charge on any atom is 0.416 e. The third-order valence-corrected chi connectivity index (χ3v) is 9.15. The summed E-state index contributed by atoms with van der Waals surface area (Å²) in [4.78, 5) is 44.7. The van der Waals surface area contributed by atoms with Gasteiger partial charge in [-0.2, -0.15) is 13.2 Å². The zero-order valence-electron chi connectivity index (χ0n) is 25.4. The van der Waals surface area contributed by atoms with Crippen LogP contribution in [0.4, 0.5) is 23.7 Å². The molecule has 3 amide bonds. The Morgan fingerprint density at radius 1 is 0.956 bits per heavy atom. The zero-order chi connectivity index (χ0) is 32.5. The number of benzene rings is 2. The minimum atomic E-state index is -4.66. The number of rotatable bonds is 8. The average Bonchev–Trinajstić information content (AvgIpc) is 3.85. The molecule has 2 aliphatic heterocycles. The van der Waals surface area contributed by atoms with E-state index in [4.69, 9.17) is 4.74 Å². The number of piperidine rings is 1. The summed E-state index contributed by atoms with van der Waals surface area (Å²) in [5.41, 5.74) is -1.12. The molecule has 244 valence electrons. The predicted molar refractivity (Wildman–Crippen MR) is 165 cm³/mol. The lowest BCUT2D eigenvalue weighted by molar-refractivity contribution is -0.147. The standard InChI is InChI=1S/C32H38BrF3N4O5/c1-31(2,29(42)37-12-14-38(15-13-37)30(43)44)45-27-17-23(32(34,35)36)16-26(18-27)39-11-3-4-22(20-39)28(41)40(25-9-10-25)19-21-5-7-24(33)8-6-21/h5-8,16-18,22,25H,3-4,9-15,19-20H2,1-2H3,(H,43,44). The molecule has 3 fully saturated rings. The molecule has 2 aromatic carbocycles. The van der Waals surface area contributed by atoms with Gasteiger partial charge in [0.25, 0.3) is 5.91 Å². The number of piperazine rings is 1. The van der Waals surface area contributed by atoms with E-state index in [2.05, 4.69) is 15.9 Å². The van der Waals surface area contributed by atoms with Gasteiger partial charge in [-0.25, -0.2) is 4.79 Å². The number of carbonyl (C=O) groups excluding carboxylic acids is 2. The molecule has 0 aromatic heterocycles. The van der Waals surface area contributed by atoms with Gasteiger partial charge in [0.2, 0.25) is 5.91 Å². The van der Waals surface area contributed by atoms with Crippen LogP contribution in [0.15, 0.2) is 46.9 Å². The number of alkyl halides is 3. The summed E-state index contributed by atoms with van der Waals surface area (Å²) in [6, 6.07) is 11.5. The Balaban J connectivity index is 1.32. The van der Waals surface area contributed by atoms with Crippen molar-refractivity contribution in [3.8, 4) is 5.75 Å². The number of carbonyl (C=O) groups is 3. The van der Waals surface area contributed by atoms with E-state index in [1.165, 1.54) is 29.7 Å². The number of anilines is 1. The second kappa shape index (κ2) is 13.1. The molecule has 2 aromatic rings. The Morgan fingerprint density at radius 3 is 2.20 bits per heavy atom. The molecule has 1 atom stereocenters. The second-order valence-corrected chi connectivity index (χ2v) is 13.4. The Labute approximate surface area is 269 Å². The Hall–Kier alpha value is -3.48. The Bertz CT molecular complexity index is 1410. The van der Waals surface area contributed by atoms with Gasteiger partial charge < -0.3 is 29.4 Å². The van der Waals surface area contributed by atoms with Crippen molar-refractivity contribution < 1.29 is 37.4 Å². The van der Waals surface area contributed by atoms with Crippen LogP contribution in [0.25, 0.3) is 0 Å². The summed E-state index contributed by atoms with van der Waals surface area (Å²) >= 11 is 3.44. The van der Waals surface area contributed by atoms with E-state index < -0.39 is 29.3 Å². The van der Waals surface area contributed by atoms with Gasteiger partial charge in [-0.1, -0.05) is 28.1 Å². The molecule has 9 nitrogen and oxygen atoms in total. The minimum Gasteiger partial charge on any atom is -0.478 e. The van der Waals surface area contributed by atoms with Crippen LogP contribution in [0, 0.1) is 5.92 Å². The van der Waals surface area contributed by atoms with Gasteiger partial charge in [0.1, 0.15) is 5.75 Å². The molecule has 1 aliphatic carbocycles. The quantitative estimate of drug-likeness (QED) is 0.373. The third kappa shape index (κ3) is 8.03. The summed E-state index contributed by atoms with van der Waals surface area (Å²) < 4.78 is 49.1. The fourth-order valence-electron chi connectivity index (χ4n) is 6.02. The molecule has 45 heavy (non-hydrogen) atoms. The summed E-state index contributed by atoms with van der Waals surface area (Å²) in [6.07, 6.45) is -2.55. The zero-order valence-corrected chi connectivity index (χ0v) is 26.9. The molecule has 0 radical (unpaired) electrons. The molecule has 0 spiro atoms. The maximum absolute atomic E-state index is 14.1. The van der Waals surface area contributed by atoms with Crippen molar-refractivity contribution in [2.45, 2.75) is 63.9 Å². The highest BCUT2D eigenvalue weighted by molar-refractivity contribution is 9.10. The van der Waals surface area contributed by atoms with Gasteiger partial charge in [0.05, 0.1) is 11.5 Å². The van der Waals surface area contributed by atoms with Crippen molar-refractivity contribution in [1.29, 1.82) is 0 Å². The molecule has 5 rings (SSSR count). The van der Waals surface area contributed by atoms with Crippen LogP contribution in [-0.4, -0.2) is 88.6 Å². The van der Waals surface area contributed by atoms with Crippen LogP contribution in [0.1, 0.15) is 50.7 Å². The number of ether oxygens (including phenoxy) is 1. The fourth-order valence-corrected chi connectivity index (χ4v) is 6.28. The predicted octanol–water partition coefficient (Wildman–Crippen LogP) is 5.86. The van der Waals surface area contributed by atoms with Crippen LogP contribution < -0.4 is 9.64 Å². The number of hydrogen-bond donors (Lipinski definition) is 1. The number of amides is 3. The van der Waals surface area contributed by atoms with Crippen molar-refractivity contribution >= 4 is 39.5 Å². The van der Waals surface area contributed by atoms with Gasteiger partial charge in [-0.3, -0.25) is 9.59 Å². The van der Waals surface area contributed by atoms with E-state index in [9.17, 15) is 32.7 Å². The minimum absolute atomic E-state index is 0.0169. The summed E-state index contributed by atoms with van der Waals surface area (Å²) in [5, 5.41) is 9.19. The highest BCUT2D eigenvalue weighted by Crippen LogP contribution is 2.38. The molecule has 3 aliphatic rings. The molecular weight excluding hydrogens is 657 g/mol. The van der Waals surface area contributed by atoms with Crippen LogP contribution in [-0.2, 0) is 22.3 Å². The average molecular weight is 696 g/mol. The first-order chi connectivity index (χ1) is 21.2. The Kier molecular flexibility index (Phi) is 9.57. The van der Waals surface area contributed by atoms with Crippen LogP contribution >= 0.6 is 15.9 Å². The lowest BCUT2D eigenvalue weighted by Gasteiger charge is -2.38. The van der Waals surface area contributed by atoms with E-state index in [0.29, 0.717) is 25.9 Å². The highest BCUT2D eigenvalue weighted by atomic mass is 79.9. The van der Waals surface area contributed by atoms with E-state index in [-0.39, 0.29) is 62.0 Å². The lowest BCUT2D eigenvalue weighted by Crippen LogP contribution is -2.56. The molecule has 1 unspecified atom stereocenters. The lowest BCUT2D eigenvalue weighted by atomic mass is 9.95. The van der Waals surface area contributed by atoms with Crippen molar-refractivity contribution in [1.82, 2.24) is 14.7 Å². The van der Waals surface area contributed by atoms with Crippen molar-refractivity contribution in [3.05, 3.63) is 58.1 Å². The summed E-state index contributed by atoms with van der Waals surface area (Å²) in [6.45, 7) is 4.84. The number of carboxylic acid groups (broad SMARTS) is 1. The van der Waals surface area contributed by atoms with Gasteiger partial charge >= 0.3 is 12.3 Å². The first-order valence-electron chi connectivity index (χ1n) is 15.2. The summed E-state index contributed by atoms with van der Waals surface area (Å²) in [5.74, 6) is -0.897. The molecule has 1 N–H and O–H groups in total. The van der Waals surface area contributed by atoms with Crippen LogP contribution in [0.5, 0.6) is 5.75 Å². The van der Waals surface area contributed by atoms with Crippen molar-refractivity contribution in [2.24, 2.45) is 5.92 Å². The number of nitrogens with zero attached hydrogens (tertiary/aromatic N) is 4. The molecule has 0 bridgehead atoms. The number of hydrogen-bond acceptors (Lipinski definition) is 5. The number of halogens is 4. The van der Waals surface area contributed by atoms with Crippen molar-refractivity contribution in [2.75, 3.05) is 44.2 Å². The van der Waals surface area contributed by atoms with E-state index >= 15 is 0 Å². The third-order valence-electron chi connectivity index (χ3n) is 8.62. The molecule has 2 heterocycles. The fraction of sp³-hybridized carbons (Fsp3) is 0.531.